The highest BCUT2D eigenvalue weighted by Gasteiger charge is 2.07. The van der Waals surface area contributed by atoms with E-state index < -0.39 is 0 Å². The van der Waals surface area contributed by atoms with Crippen LogP contribution in [0.25, 0.3) is 10.2 Å². The molecule has 0 amide bonds. The molecule has 0 aromatic carbocycles. The summed E-state index contributed by atoms with van der Waals surface area (Å²) in [6.07, 6.45) is 1.02. The molecule has 2 heterocycles. The first kappa shape index (κ1) is 8.91. The fourth-order valence-corrected chi connectivity index (χ4v) is 2.48. The second kappa shape index (κ2) is 3.24. The summed E-state index contributed by atoms with van der Waals surface area (Å²) in [4.78, 5) is 9.74. The minimum atomic E-state index is 0.576. The maximum absolute atomic E-state index is 5.99. The maximum atomic E-state index is 5.99. The maximum Gasteiger partial charge on any atom is 0.150 e. The van der Waals surface area contributed by atoms with E-state index in [9.17, 15) is 0 Å². The molecule has 4 heteroatoms. The Morgan fingerprint density at radius 3 is 2.92 bits per heavy atom. The summed E-state index contributed by atoms with van der Waals surface area (Å²) in [5.41, 5.74) is 0.972. The van der Waals surface area contributed by atoms with E-state index in [2.05, 4.69) is 23.0 Å². The van der Waals surface area contributed by atoms with Crippen molar-refractivity contribution in [1.29, 1.82) is 0 Å². The lowest BCUT2D eigenvalue weighted by Gasteiger charge is -1.93. The fourth-order valence-electron chi connectivity index (χ4n) is 1.23. The first-order valence-corrected chi connectivity index (χ1v) is 5.32. The number of aromatic nitrogens is 2. The van der Waals surface area contributed by atoms with Gasteiger partial charge in [-0.25, -0.2) is 9.97 Å². The van der Waals surface area contributed by atoms with Crippen LogP contribution in [0.15, 0.2) is 6.07 Å². The molecule has 0 aliphatic carbocycles. The minimum absolute atomic E-state index is 0.576. The van der Waals surface area contributed by atoms with Gasteiger partial charge in [-0.1, -0.05) is 18.5 Å². The van der Waals surface area contributed by atoms with Gasteiger partial charge in [-0.05, 0) is 19.4 Å². The fraction of sp³-hybridized carbons (Fsp3) is 0.333. The molecule has 13 heavy (non-hydrogen) atoms. The van der Waals surface area contributed by atoms with Gasteiger partial charge >= 0.3 is 0 Å². The third-order valence-corrected chi connectivity index (χ3v) is 3.50. The summed E-state index contributed by atoms with van der Waals surface area (Å²) < 4.78 is 1.00. The highest BCUT2D eigenvalue weighted by atomic mass is 35.5. The number of hydrogen-bond acceptors (Lipinski definition) is 3. The zero-order chi connectivity index (χ0) is 9.42. The van der Waals surface area contributed by atoms with E-state index in [1.165, 1.54) is 4.88 Å². The van der Waals surface area contributed by atoms with Crippen LogP contribution in [0.5, 0.6) is 0 Å². The average molecular weight is 213 g/mol. The van der Waals surface area contributed by atoms with E-state index in [1.54, 1.807) is 11.3 Å². The van der Waals surface area contributed by atoms with E-state index in [0.29, 0.717) is 5.15 Å². The van der Waals surface area contributed by atoms with Gasteiger partial charge in [-0.15, -0.1) is 11.3 Å². The number of aryl methyl sites for hydroxylation is 2. The zero-order valence-electron chi connectivity index (χ0n) is 7.47. The predicted octanol–water partition coefficient (Wildman–Crippen LogP) is 3.22. The molecule has 0 spiro atoms. The highest BCUT2D eigenvalue weighted by Crippen LogP contribution is 2.29. The zero-order valence-corrected chi connectivity index (χ0v) is 9.04. The third-order valence-electron chi connectivity index (χ3n) is 1.84. The molecule has 0 aliphatic heterocycles. The van der Waals surface area contributed by atoms with E-state index in [0.717, 1.165) is 22.5 Å². The largest absolute Gasteiger partial charge is 0.232 e. The molecule has 68 valence electrons. The molecule has 2 aromatic rings. The van der Waals surface area contributed by atoms with Crippen LogP contribution >= 0.6 is 22.9 Å². The molecule has 0 atom stereocenters. The number of rotatable bonds is 1. The van der Waals surface area contributed by atoms with Crippen molar-refractivity contribution in [2.75, 3.05) is 0 Å². The lowest BCUT2D eigenvalue weighted by Crippen LogP contribution is -1.86. The Kier molecular flexibility index (Phi) is 2.22. The molecule has 0 N–H and O–H groups in total. The van der Waals surface area contributed by atoms with Gasteiger partial charge in [-0.2, -0.15) is 0 Å². The molecule has 0 fully saturated rings. The van der Waals surface area contributed by atoms with E-state index in [1.807, 2.05) is 6.92 Å². The molecule has 0 unspecified atom stereocenters. The molecule has 0 bridgehead atoms. The molecular formula is C9H9ClN2S. The second-order valence-corrected chi connectivity index (χ2v) is 4.34. The van der Waals surface area contributed by atoms with Crippen molar-refractivity contribution in [2.45, 2.75) is 20.3 Å². The number of nitrogens with zero attached hydrogens (tertiary/aromatic N) is 2. The third kappa shape index (κ3) is 1.54. The van der Waals surface area contributed by atoms with Crippen LogP contribution in [0, 0.1) is 6.92 Å². The molecule has 0 radical (unpaired) electrons. The Morgan fingerprint density at radius 2 is 2.23 bits per heavy atom. The minimum Gasteiger partial charge on any atom is -0.232 e. The number of thiophene rings is 1. The van der Waals surface area contributed by atoms with Crippen LogP contribution in [0.3, 0.4) is 0 Å². The highest BCUT2D eigenvalue weighted by molar-refractivity contribution is 7.19. The van der Waals surface area contributed by atoms with Crippen LogP contribution in [-0.4, -0.2) is 9.97 Å². The van der Waals surface area contributed by atoms with Crippen molar-refractivity contribution >= 4 is 33.2 Å². The summed E-state index contributed by atoms with van der Waals surface area (Å²) in [6.45, 7) is 3.98. The standard InChI is InChI=1S/C9H9ClN2S/c1-3-6-4-7-8(13-6)9(10)12-5(2)11-7/h4H,3H2,1-2H3. The van der Waals surface area contributed by atoms with Gasteiger partial charge in [0, 0.05) is 4.88 Å². The van der Waals surface area contributed by atoms with Crippen molar-refractivity contribution in [3.05, 3.63) is 21.9 Å². The number of fused-ring (bicyclic) bond motifs is 1. The number of halogens is 1. The lowest BCUT2D eigenvalue weighted by molar-refractivity contribution is 1.09. The smallest absolute Gasteiger partial charge is 0.150 e. The molecular weight excluding hydrogens is 204 g/mol. The van der Waals surface area contributed by atoms with Crippen molar-refractivity contribution < 1.29 is 0 Å². The first-order valence-electron chi connectivity index (χ1n) is 4.13. The molecule has 0 saturated heterocycles. The molecule has 2 rings (SSSR count). The van der Waals surface area contributed by atoms with Gasteiger partial charge in [0.1, 0.15) is 5.82 Å². The van der Waals surface area contributed by atoms with Gasteiger partial charge in [0.05, 0.1) is 10.2 Å². The molecule has 0 aliphatic rings. The van der Waals surface area contributed by atoms with Gasteiger partial charge in [-0.3, -0.25) is 0 Å². The normalized spacial score (nSPS) is 11.0. The SMILES string of the molecule is CCc1cc2nc(C)nc(Cl)c2s1. The van der Waals surface area contributed by atoms with Crippen LogP contribution in [0.2, 0.25) is 5.15 Å². The van der Waals surface area contributed by atoms with E-state index >= 15 is 0 Å². The Morgan fingerprint density at radius 1 is 1.46 bits per heavy atom. The topological polar surface area (TPSA) is 25.8 Å². The Bertz CT molecular complexity index is 450. The summed E-state index contributed by atoms with van der Waals surface area (Å²) in [6, 6.07) is 2.08. The number of hydrogen-bond donors (Lipinski definition) is 0. The lowest BCUT2D eigenvalue weighted by atomic mass is 10.3. The van der Waals surface area contributed by atoms with Gasteiger partial charge in [0.2, 0.25) is 0 Å². The Hall–Kier alpha value is -0.670. The Balaban J connectivity index is 2.75. The molecule has 0 saturated carbocycles. The predicted molar refractivity (Wildman–Crippen MR) is 56.5 cm³/mol. The van der Waals surface area contributed by atoms with Crippen LogP contribution in [0.1, 0.15) is 17.6 Å². The summed E-state index contributed by atoms with van der Waals surface area (Å²) in [5.74, 6) is 0.734. The van der Waals surface area contributed by atoms with Crippen LogP contribution in [-0.2, 0) is 6.42 Å². The van der Waals surface area contributed by atoms with Gasteiger partial charge < -0.3 is 0 Å². The Labute approximate surface area is 85.6 Å². The van der Waals surface area contributed by atoms with Crippen molar-refractivity contribution in [3.63, 3.8) is 0 Å². The summed E-state index contributed by atoms with van der Waals surface area (Å²) >= 11 is 7.67. The van der Waals surface area contributed by atoms with Crippen molar-refractivity contribution in [1.82, 2.24) is 9.97 Å². The van der Waals surface area contributed by atoms with E-state index in [-0.39, 0.29) is 0 Å². The molecule has 2 nitrogen and oxygen atoms in total. The second-order valence-electron chi connectivity index (χ2n) is 2.84. The summed E-state index contributed by atoms with van der Waals surface area (Å²) in [7, 11) is 0. The van der Waals surface area contributed by atoms with Crippen molar-refractivity contribution in [3.8, 4) is 0 Å². The first-order chi connectivity index (χ1) is 6.20. The van der Waals surface area contributed by atoms with Crippen LogP contribution < -0.4 is 0 Å². The molecule has 2 aromatic heterocycles. The van der Waals surface area contributed by atoms with Crippen LogP contribution in [0.4, 0.5) is 0 Å². The van der Waals surface area contributed by atoms with Gasteiger partial charge in [0.25, 0.3) is 0 Å². The summed E-state index contributed by atoms with van der Waals surface area (Å²) in [5, 5.41) is 0.576. The van der Waals surface area contributed by atoms with Crippen molar-refractivity contribution in [2.24, 2.45) is 0 Å². The average Bonchev–Trinajstić information content (AvgIpc) is 2.47. The van der Waals surface area contributed by atoms with E-state index in [4.69, 9.17) is 11.6 Å². The van der Waals surface area contributed by atoms with Gasteiger partial charge in [0.15, 0.2) is 5.15 Å². The monoisotopic (exact) mass is 212 g/mol. The quantitative estimate of drug-likeness (QED) is 0.679.